The predicted octanol–water partition coefficient (Wildman–Crippen LogP) is 1.85. The monoisotopic (exact) mass is 145 g/mol. The molecule has 10 heavy (non-hydrogen) atoms. The molecule has 0 aliphatic heterocycles. The molecule has 0 aromatic heterocycles. The van der Waals surface area contributed by atoms with Crippen LogP contribution in [-0.2, 0) is 9.84 Å². The van der Waals surface area contributed by atoms with Gasteiger partial charge in [0.25, 0.3) is 0 Å². The van der Waals surface area contributed by atoms with Crippen LogP contribution in [0.4, 0.5) is 4.79 Å². The lowest BCUT2D eigenvalue weighted by atomic mass is 10.00. The minimum atomic E-state index is -1.44. The SMILES string of the molecule is CC(C)C(C)COC([O])=O. The average Bonchev–Trinajstić information content (AvgIpc) is 1.82. The van der Waals surface area contributed by atoms with Crippen molar-refractivity contribution in [3.8, 4) is 0 Å². The number of carbonyl (C=O) groups excluding carboxylic acids is 1. The molecule has 3 heteroatoms. The first-order valence-corrected chi connectivity index (χ1v) is 3.37. The maximum atomic E-state index is 9.79. The standard InChI is InChI=1S/C7H13O3/c1-5(2)6(3)4-10-7(8)9/h5-6H,4H2,1-3H3. The highest BCUT2D eigenvalue weighted by molar-refractivity contribution is 5.56. The molecule has 0 N–H and O–H groups in total. The van der Waals surface area contributed by atoms with Crippen LogP contribution in [0.1, 0.15) is 20.8 Å². The number of rotatable bonds is 3. The molecule has 59 valence electrons. The molecule has 0 spiro atoms. The molecule has 0 aliphatic carbocycles. The minimum absolute atomic E-state index is 0.236. The van der Waals surface area contributed by atoms with Gasteiger partial charge in [-0.1, -0.05) is 20.8 Å². The number of hydrogen-bond donors (Lipinski definition) is 0. The number of hydrogen-bond acceptors (Lipinski definition) is 2. The van der Waals surface area contributed by atoms with Crippen molar-refractivity contribution in [1.29, 1.82) is 0 Å². The zero-order chi connectivity index (χ0) is 8.15. The van der Waals surface area contributed by atoms with Crippen LogP contribution in [0.25, 0.3) is 0 Å². The third-order valence-electron chi connectivity index (χ3n) is 1.60. The summed E-state index contributed by atoms with van der Waals surface area (Å²) in [6.45, 7) is 6.21. The van der Waals surface area contributed by atoms with Crippen molar-refractivity contribution in [3.05, 3.63) is 0 Å². The summed E-state index contributed by atoms with van der Waals surface area (Å²) in [4.78, 5) is 9.79. The van der Waals surface area contributed by atoms with Crippen molar-refractivity contribution in [3.63, 3.8) is 0 Å². The highest BCUT2D eigenvalue weighted by Gasteiger charge is 2.09. The lowest BCUT2D eigenvalue weighted by molar-refractivity contribution is 0.0516. The predicted molar refractivity (Wildman–Crippen MR) is 36.0 cm³/mol. The van der Waals surface area contributed by atoms with Crippen LogP contribution in [-0.4, -0.2) is 12.8 Å². The van der Waals surface area contributed by atoms with Crippen molar-refractivity contribution in [2.75, 3.05) is 6.61 Å². The molecule has 0 aromatic rings. The maximum Gasteiger partial charge on any atom is 0.550 e. The molecule has 1 unspecified atom stereocenters. The van der Waals surface area contributed by atoms with E-state index in [9.17, 15) is 9.90 Å². The Labute approximate surface area is 61.0 Å². The van der Waals surface area contributed by atoms with Crippen LogP contribution in [0.15, 0.2) is 0 Å². The van der Waals surface area contributed by atoms with Gasteiger partial charge in [0.05, 0.1) is 6.61 Å². The van der Waals surface area contributed by atoms with Gasteiger partial charge >= 0.3 is 6.16 Å². The highest BCUT2D eigenvalue weighted by atomic mass is 16.7. The van der Waals surface area contributed by atoms with E-state index in [4.69, 9.17) is 0 Å². The lowest BCUT2D eigenvalue weighted by Gasteiger charge is -2.12. The summed E-state index contributed by atoms with van der Waals surface area (Å²) in [5.41, 5.74) is 0. The Morgan fingerprint density at radius 1 is 1.40 bits per heavy atom. The summed E-state index contributed by atoms with van der Waals surface area (Å²) in [5, 5.41) is 9.79. The highest BCUT2D eigenvalue weighted by Crippen LogP contribution is 2.09. The van der Waals surface area contributed by atoms with Crippen LogP contribution in [0.3, 0.4) is 0 Å². The van der Waals surface area contributed by atoms with Gasteiger partial charge in [-0.3, -0.25) is 0 Å². The molecule has 0 heterocycles. The van der Waals surface area contributed by atoms with Crippen LogP contribution in [0, 0.1) is 11.8 Å². The van der Waals surface area contributed by atoms with E-state index in [1.54, 1.807) is 0 Å². The van der Waals surface area contributed by atoms with E-state index in [1.807, 2.05) is 20.8 Å². The second-order valence-corrected chi connectivity index (χ2v) is 2.78. The molecule has 0 fully saturated rings. The zero-order valence-electron chi connectivity index (χ0n) is 6.59. The van der Waals surface area contributed by atoms with Crippen molar-refractivity contribution in [2.45, 2.75) is 20.8 Å². The molecule has 0 bridgehead atoms. The first-order chi connectivity index (χ1) is 4.54. The number of ether oxygens (including phenoxy) is 1. The van der Waals surface area contributed by atoms with Gasteiger partial charge in [-0.05, 0) is 11.8 Å². The topological polar surface area (TPSA) is 46.2 Å². The zero-order valence-corrected chi connectivity index (χ0v) is 6.59. The summed E-state index contributed by atoms with van der Waals surface area (Å²) < 4.78 is 4.27. The van der Waals surface area contributed by atoms with Gasteiger partial charge in [0.15, 0.2) is 0 Å². The Balaban J connectivity index is 3.39. The summed E-state index contributed by atoms with van der Waals surface area (Å²) in [7, 11) is 0. The molecule has 3 nitrogen and oxygen atoms in total. The lowest BCUT2D eigenvalue weighted by Crippen LogP contribution is -2.13. The molecular formula is C7H13O3. The fraction of sp³-hybridized carbons (Fsp3) is 0.857. The van der Waals surface area contributed by atoms with Gasteiger partial charge in [0.2, 0.25) is 0 Å². The van der Waals surface area contributed by atoms with Gasteiger partial charge in [-0.25, -0.2) is 0 Å². The van der Waals surface area contributed by atoms with Gasteiger partial charge in [-0.2, -0.15) is 9.90 Å². The Bertz CT molecular complexity index is 109. The van der Waals surface area contributed by atoms with Crippen molar-refractivity contribution in [2.24, 2.45) is 11.8 Å². The Hall–Kier alpha value is -0.730. The largest absolute Gasteiger partial charge is 0.550 e. The van der Waals surface area contributed by atoms with E-state index in [1.165, 1.54) is 0 Å². The van der Waals surface area contributed by atoms with Crippen LogP contribution in [0.5, 0.6) is 0 Å². The fourth-order valence-corrected chi connectivity index (χ4v) is 0.392. The summed E-state index contributed by atoms with van der Waals surface area (Å²) >= 11 is 0. The second kappa shape index (κ2) is 4.14. The molecule has 1 radical (unpaired) electrons. The van der Waals surface area contributed by atoms with E-state index in [-0.39, 0.29) is 12.5 Å². The van der Waals surface area contributed by atoms with Gasteiger partial charge in [0.1, 0.15) is 0 Å². The first-order valence-electron chi connectivity index (χ1n) is 3.37. The molecule has 0 saturated heterocycles. The van der Waals surface area contributed by atoms with Crippen molar-refractivity contribution >= 4 is 6.16 Å². The third kappa shape index (κ3) is 4.18. The summed E-state index contributed by atoms with van der Waals surface area (Å²) in [6, 6.07) is 0. The van der Waals surface area contributed by atoms with Crippen LogP contribution >= 0.6 is 0 Å². The Morgan fingerprint density at radius 3 is 2.20 bits per heavy atom. The van der Waals surface area contributed by atoms with Crippen molar-refractivity contribution < 1.29 is 14.6 Å². The molecule has 0 aromatic carbocycles. The second-order valence-electron chi connectivity index (χ2n) is 2.78. The molecule has 0 aliphatic rings. The van der Waals surface area contributed by atoms with E-state index in [0.29, 0.717) is 5.92 Å². The summed E-state index contributed by atoms with van der Waals surface area (Å²) in [5.74, 6) is 0.706. The normalized spacial score (nSPS) is 13.2. The van der Waals surface area contributed by atoms with Crippen LogP contribution < -0.4 is 0 Å². The van der Waals surface area contributed by atoms with E-state index in [0.717, 1.165) is 0 Å². The Kier molecular flexibility index (Phi) is 3.84. The quantitative estimate of drug-likeness (QED) is 0.569. The van der Waals surface area contributed by atoms with Gasteiger partial charge < -0.3 is 4.74 Å². The first kappa shape index (κ1) is 9.27. The fourth-order valence-electron chi connectivity index (χ4n) is 0.392. The van der Waals surface area contributed by atoms with Gasteiger partial charge in [0, 0.05) is 0 Å². The van der Waals surface area contributed by atoms with Gasteiger partial charge in [-0.15, -0.1) is 0 Å². The molecule has 0 rings (SSSR count). The average molecular weight is 145 g/mol. The maximum absolute atomic E-state index is 9.79. The van der Waals surface area contributed by atoms with Crippen molar-refractivity contribution in [1.82, 2.24) is 0 Å². The molecule has 0 saturated carbocycles. The Morgan fingerprint density at radius 2 is 1.90 bits per heavy atom. The van der Waals surface area contributed by atoms with E-state index in [2.05, 4.69) is 4.74 Å². The molecule has 1 atom stereocenters. The molecular weight excluding hydrogens is 132 g/mol. The minimum Gasteiger partial charge on any atom is -0.431 e. The van der Waals surface area contributed by atoms with E-state index < -0.39 is 6.16 Å². The van der Waals surface area contributed by atoms with E-state index >= 15 is 0 Å². The molecule has 0 amide bonds. The number of carbonyl (C=O) groups is 1. The van der Waals surface area contributed by atoms with Crippen LogP contribution in [0.2, 0.25) is 0 Å². The summed E-state index contributed by atoms with van der Waals surface area (Å²) in [6.07, 6.45) is -1.44. The third-order valence-corrected chi connectivity index (χ3v) is 1.60. The smallest absolute Gasteiger partial charge is 0.431 e.